The van der Waals surface area contributed by atoms with Gasteiger partial charge in [0.05, 0.1) is 6.10 Å². The first-order valence-electron chi connectivity index (χ1n) is 5.75. The molecule has 2 heterocycles. The van der Waals surface area contributed by atoms with E-state index >= 15 is 0 Å². The molecule has 0 radical (unpaired) electrons. The van der Waals surface area contributed by atoms with Crippen LogP contribution in [0.25, 0.3) is 0 Å². The number of aliphatic hydroxyl groups excluding tert-OH is 1. The number of hydrogen-bond acceptors (Lipinski definition) is 3. The third kappa shape index (κ3) is 3.47. The molecule has 1 N–H and O–H groups in total. The van der Waals surface area contributed by atoms with Crippen molar-refractivity contribution in [2.75, 3.05) is 13.1 Å². The Morgan fingerprint density at radius 2 is 2.35 bits per heavy atom. The number of aromatic nitrogens is 1. The average molecular weight is 303 g/mol. The first-order valence-corrected chi connectivity index (χ1v) is 6.54. The zero-order valence-electron chi connectivity index (χ0n) is 9.74. The largest absolute Gasteiger partial charge is 0.393 e. The smallest absolute Gasteiger partial charge is 0.156 e. The van der Waals surface area contributed by atoms with E-state index < -0.39 is 0 Å². The topological polar surface area (TPSA) is 36.4 Å². The summed E-state index contributed by atoms with van der Waals surface area (Å²) < 4.78 is 13.5. The molecule has 1 saturated heterocycles. The van der Waals surface area contributed by atoms with Gasteiger partial charge < -0.3 is 5.11 Å². The van der Waals surface area contributed by atoms with E-state index in [4.69, 9.17) is 0 Å². The molecule has 94 valence electrons. The average Bonchev–Trinajstić information content (AvgIpc) is 2.19. The van der Waals surface area contributed by atoms with Gasteiger partial charge in [0, 0.05) is 25.8 Å². The van der Waals surface area contributed by atoms with Gasteiger partial charge in [-0.15, -0.1) is 0 Å². The highest BCUT2D eigenvalue weighted by molar-refractivity contribution is 9.10. The first-order chi connectivity index (χ1) is 8.04. The van der Waals surface area contributed by atoms with E-state index in [-0.39, 0.29) is 16.5 Å². The maximum atomic E-state index is 13.2. The van der Waals surface area contributed by atoms with E-state index in [2.05, 4.69) is 25.8 Å². The van der Waals surface area contributed by atoms with Gasteiger partial charge in [-0.05, 0) is 46.8 Å². The van der Waals surface area contributed by atoms with Crippen LogP contribution in [0.3, 0.4) is 0 Å². The Kier molecular flexibility index (Phi) is 4.12. The van der Waals surface area contributed by atoms with Crippen LogP contribution in [0, 0.1) is 11.7 Å². The third-order valence-corrected chi connectivity index (χ3v) is 3.55. The molecule has 1 unspecified atom stereocenters. The first kappa shape index (κ1) is 12.9. The molecular weight excluding hydrogens is 287 g/mol. The molecule has 0 aromatic carbocycles. The van der Waals surface area contributed by atoms with Crippen molar-refractivity contribution in [3.05, 3.63) is 28.2 Å². The maximum absolute atomic E-state index is 13.2. The van der Waals surface area contributed by atoms with Crippen LogP contribution in [0.2, 0.25) is 0 Å². The van der Waals surface area contributed by atoms with Crippen LogP contribution in [0.4, 0.5) is 4.39 Å². The van der Waals surface area contributed by atoms with Gasteiger partial charge >= 0.3 is 0 Å². The normalized spacial score (nSPS) is 19.1. The molecule has 0 saturated carbocycles. The predicted molar refractivity (Wildman–Crippen MR) is 67.0 cm³/mol. The molecule has 3 nitrogen and oxygen atoms in total. The quantitative estimate of drug-likeness (QED) is 0.866. The second-order valence-corrected chi connectivity index (χ2v) is 5.51. The van der Waals surface area contributed by atoms with Crippen molar-refractivity contribution in [3.8, 4) is 0 Å². The minimum atomic E-state index is -0.316. The lowest BCUT2D eigenvalue weighted by atomic mass is 9.93. The summed E-state index contributed by atoms with van der Waals surface area (Å²) in [6, 6.07) is 1.51. The number of aliphatic hydroxyl groups is 1. The molecule has 0 amide bonds. The predicted octanol–water partition coefficient (Wildman–Crippen LogP) is 2.19. The van der Waals surface area contributed by atoms with Crippen LogP contribution < -0.4 is 0 Å². The van der Waals surface area contributed by atoms with Crippen LogP contribution in [-0.4, -0.2) is 34.2 Å². The van der Waals surface area contributed by atoms with Crippen LogP contribution >= 0.6 is 15.9 Å². The standard InChI is InChI=1S/C12H16BrFN2O/c1-8(17)2-10-6-16(7-10)5-9-3-11(14)12(13)15-4-9/h3-4,8,10,17H,2,5-7H2,1H3. The maximum Gasteiger partial charge on any atom is 0.156 e. The van der Waals surface area contributed by atoms with Crippen molar-refractivity contribution in [1.29, 1.82) is 0 Å². The van der Waals surface area contributed by atoms with Crippen LogP contribution in [0.15, 0.2) is 16.9 Å². The van der Waals surface area contributed by atoms with E-state index in [1.807, 2.05) is 6.92 Å². The monoisotopic (exact) mass is 302 g/mol. The zero-order chi connectivity index (χ0) is 12.4. The summed E-state index contributed by atoms with van der Waals surface area (Å²) in [4.78, 5) is 6.17. The molecule has 2 rings (SSSR count). The number of rotatable bonds is 4. The summed E-state index contributed by atoms with van der Waals surface area (Å²) in [6.45, 7) is 4.50. The Bertz CT molecular complexity index is 394. The molecule has 0 aliphatic carbocycles. The van der Waals surface area contributed by atoms with Crippen molar-refractivity contribution in [1.82, 2.24) is 9.88 Å². The molecule has 0 spiro atoms. The van der Waals surface area contributed by atoms with Gasteiger partial charge in [-0.25, -0.2) is 9.37 Å². The minimum Gasteiger partial charge on any atom is -0.393 e. The molecule has 0 bridgehead atoms. The van der Waals surface area contributed by atoms with Gasteiger partial charge in [-0.2, -0.15) is 0 Å². The van der Waals surface area contributed by atoms with Crippen molar-refractivity contribution < 1.29 is 9.50 Å². The van der Waals surface area contributed by atoms with Crippen molar-refractivity contribution in [2.45, 2.75) is 26.0 Å². The Balaban J connectivity index is 1.81. The Morgan fingerprint density at radius 3 is 2.94 bits per heavy atom. The van der Waals surface area contributed by atoms with Crippen molar-refractivity contribution in [2.24, 2.45) is 5.92 Å². The fraction of sp³-hybridized carbons (Fsp3) is 0.583. The molecule has 1 aromatic rings. The molecule has 1 aliphatic heterocycles. The van der Waals surface area contributed by atoms with E-state index in [1.54, 1.807) is 6.20 Å². The second-order valence-electron chi connectivity index (χ2n) is 4.76. The van der Waals surface area contributed by atoms with Crippen molar-refractivity contribution in [3.63, 3.8) is 0 Å². The highest BCUT2D eigenvalue weighted by Gasteiger charge is 2.27. The minimum absolute atomic E-state index is 0.228. The fourth-order valence-electron chi connectivity index (χ4n) is 2.24. The summed E-state index contributed by atoms with van der Waals surface area (Å²) in [5, 5.41) is 9.25. The van der Waals surface area contributed by atoms with Gasteiger partial charge in [0.1, 0.15) is 4.60 Å². The van der Waals surface area contributed by atoms with Crippen LogP contribution in [-0.2, 0) is 6.54 Å². The lowest BCUT2D eigenvalue weighted by Gasteiger charge is -2.39. The van der Waals surface area contributed by atoms with Crippen molar-refractivity contribution >= 4 is 15.9 Å². The van der Waals surface area contributed by atoms with Crippen LogP contribution in [0.5, 0.6) is 0 Å². The number of pyridine rings is 1. The zero-order valence-corrected chi connectivity index (χ0v) is 11.3. The summed E-state index contributed by atoms with van der Waals surface area (Å²) in [6.07, 6.45) is 2.31. The van der Waals surface area contributed by atoms with Gasteiger partial charge in [0.25, 0.3) is 0 Å². The lowest BCUT2D eigenvalue weighted by Crippen LogP contribution is -2.46. The third-order valence-electron chi connectivity index (χ3n) is 2.97. The number of hydrogen-bond donors (Lipinski definition) is 1. The fourth-order valence-corrected chi connectivity index (χ4v) is 2.46. The molecule has 1 aliphatic rings. The van der Waals surface area contributed by atoms with Gasteiger partial charge in [-0.1, -0.05) is 0 Å². The Morgan fingerprint density at radius 1 is 1.65 bits per heavy atom. The Hall–Kier alpha value is -0.520. The van der Waals surface area contributed by atoms with Gasteiger partial charge in [0.2, 0.25) is 0 Å². The number of likely N-dealkylation sites (tertiary alicyclic amines) is 1. The highest BCUT2D eigenvalue weighted by Crippen LogP contribution is 2.23. The number of halogens is 2. The molecule has 1 fully saturated rings. The number of nitrogens with zero attached hydrogens (tertiary/aromatic N) is 2. The van der Waals surface area contributed by atoms with E-state index in [9.17, 15) is 9.50 Å². The van der Waals surface area contributed by atoms with E-state index in [1.165, 1.54) is 6.07 Å². The summed E-state index contributed by atoms with van der Waals surface area (Å²) in [5.74, 6) is 0.256. The SMILES string of the molecule is CC(O)CC1CN(Cc2cnc(Br)c(F)c2)C1. The molecule has 17 heavy (non-hydrogen) atoms. The van der Waals surface area contributed by atoms with Gasteiger partial charge in [0.15, 0.2) is 5.82 Å². The molecule has 1 aromatic heterocycles. The van der Waals surface area contributed by atoms with Gasteiger partial charge in [-0.3, -0.25) is 4.90 Å². The van der Waals surface area contributed by atoms with E-state index in [0.717, 1.165) is 31.6 Å². The molecule has 5 heteroatoms. The lowest BCUT2D eigenvalue weighted by molar-refractivity contribution is 0.0500. The van der Waals surface area contributed by atoms with Crippen LogP contribution in [0.1, 0.15) is 18.9 Å². The summed E-state index contributed by atoms with van der Waals surface area (Å²) in [7, 11) is 0. The van der Waals surface area contributed by atoms with E-state index in [0.29, 0.717) is 5.92 Å². The second kappa shape index (κ2) is 5.42. The highest BCUT2D eigenvalue weighted by atomic mass is 79.9. The molecule has 1 atom stereocenters. The summed E-state index contributed by atoms with van der Waals surface area (Å²) >= 11 is 3.04. The Labute approximate surface area is 109 Å². The molecular formula is C12H16BrFN2O. The summed E-state index contributed by atoms with van der Waals surface area (Å²) in [5.41, 5.74) is 0.890.